The van der Waals surface area contributed by atoms with Crippen molar-refractivity contribution >= 4 is 11.9 Å². The van der Waals surface area contributed by atoms with Crippen LogP contribution in [0.15, 0.2) is 0 Å². The van der Waals surface area contributed by atoms with Gasteiger partial charge in [0, 0.05) is 17.8 Å². The first-order valence-electron chi connectivity index (χ1n) is 7.40. The molecule has 10 heteroatoms. The van der Waals surface area contributed by atoms with Crippen LogP contribution >= 0.6 is 0 Å². The van der Waals surface area contributed by atoms with Crippen LogP contribution in [0.5, 0.6) is 0 Å². The zero-order valence-electron chi connectivity index (χ0n) is 13.8. The van der Waals surface area contributed by atoms with E-state index in [4.69, 9.17) is 0 Å². The molecule has 24 heavy (non-hydrogen) atoms. The van der Waals surface area contributed by atoms with Crippen molar-refractivity contribution in [1.29, 1.82) is 0 Å². The second kappa shape index (κ2) is 6.62. The number of amides is 1. The molecule has 7 nitrogen and oxygen atoms in total. The zero-order valence-corrected chi connectivity index (χ0v) is 13.8. The highest BCUT2D eigenvalue weighted by Gasteiger charge is 2.35. The van der Waals surface area contributed by atoms with Crippen molar-refractivity contribution in [2.24, 2.45) is 5.92 Å². The van der Waals surface area contributed by atoms with Crippen molar-refractivity contribution in [3.8, 4) is 0 Å². The van der Waals surface area contributed by atoms with E-state index in [0.717, 1.165) is 17.8 Å². The van der Waals surface area contributed by atoms with Gasteiger partial charge in [0.15, 0.2) is 0 Å². The van der Waals surface area contributed by atoms with Crippen molar-refractivity contribution in [2.45, 2.75) is 46.8 Å². The van der Waals surface area contributed by atoms with Crippen LogP contribution in [0, 0.1) is 19.8 Å². The summed E-state index contributed by atoms with van der Waals surface area (Å²) in [5.41, 5.74) is 2.33. The molecule has 2 rings (SSSR count). The maximum absolute atomic E-state index is 12.4. The lowest BCUT2D eigenvalue weighted by molar-refractivity contribution is -0.144. The lowest BCUT2D eigenvalue weighted by Gasteiger charge is -2.08. The second-order valence-electron chi connectivity index (χ2n) is 5.96. The first-order chi connectivity index (χ1) is 11.1. The topological polar surface area (TPSA) is 88.5 Å². The van der Waals surface area contributed by atoms with Crippen LogP contribution in [-0.2, 0) is 23.9 Å². The lowest BCUT2D eigenvalue weighted by atomic mass is 10.1. The van der Waals surface area contributed by atoms with Crippen molar-refractivity contribution in [2.75, 3.05) is 5.32 Å². The molecule has 2 heterocycles. The number of carbonyl (C=O) groups excluding carboxylic acids is 1. The molecule has 0 radical (unpaired) electrons. The minimum absolute atomic E-state index is 0.00828. The third-order valence-electron chi connectivity index (χ3n) is 3.41. The summed E-state index contributed by atoms with van der Waals surface area (Å²) in [4.78, 5) is 15.3. The molecule has 0 spiro atoms. The predicted octanol–water partition coefficient (Wildman–Crippen LogP) is 2.47. The molecule has 2 aromatic heterocycles. The number of nitrogens with zero attached hydrogens (tertiary/aromatic N) is 4. The average molecular weight is 344 g/mol. The van der Waals surface area contributed by atoms with E-state index in [1.165, 1.54) is 0 Å². The normalized spacial score (nSPS) is 12.0. The molecule has 0 atom stereocenters. The predicted molar refractivity (Wildman–Crippen MR) is 80.3 cm³/mol. The van der Waals surface area contributed by atoms with Crippen molar-refractivity contribution < 1.29 is 18.0 Å². The van der Waals surface area contributed by atoms with Crippen molar-refractivity contribution in [3.63, 3.8) is 0 Å². The van der Waals surface area contributed by atoms with Crippen molar-refractivity contribution in [3.05, 3.63) is 22.8 Å². The molecule has 0 fully saturated rings. The number of carbonyl (C=O) groups is 1. The first kappa shape index (κ1) is 18.0. The first-order valence-corrected chi connectivity index (χ1v) is 7.40. The van der Waals surface area contributed by atoms with E-state index in [1.807, 2.05) is 11.6 Å². The largest absolute Gasteiger partial charge is 0.451 e. The van der Waals surface area contributed by atoms with E-state index < -0.39 is 23.9 Å². The Balaban J connectivity index is 2.07. The van der Waals surface area contributed by atoms with Crippen LogP contribution in [0.4, 0.5) is 19.1 Å². The molecule has 0 unspecified atom stereocenters. The van der Waals surface area contributed by atoms with Gasteiger partial charge in [0.25, 0.3) is 0 Å². The molecule has 0 aliphatic rings. The monoisotopic (exact) mass is 344 g/mol. The Labute approximate surface area is 136 Å². The van der Waals surface area contributed by atoms with Crippen LogP contribution in [-0.4, -0.2) is 30.9 Å². The number of alkyl halides is 3. The summed E-state index contributed by atoms with van der Waals surface area (Å²) in [5, 5.41) is 11.7. The number of nitrogens with one attached hydrogen (secondary N) is 2. The van der Waals surface area contributed by atoms with E-state index >= 15 is 0 Å². The highest BCUT2D eigenvalue weighted by molar-refractivity contribution is 5.90. The van der Waals surface area contributed by atoms with E-state index in [0.29, 0.717) is 11.6 Å². The highest BCUT2D eigenvalue weighted by atomic mass is 19.4. The third kappa shape index (κ3) is 4.12. The van der Waals surface area contributed by atoms with Gasteiger partial charge in [-0.2, -0.15) is 23.3 Å². The molecule has 0 aliphatic heterocycles. The quantitative estimate of drug-likeness (QED) is 0.872. The van der Waals surface area contributed by atoms with Crippen LogP contribution in [0.2, 0.25) is 0 Å². The number of aryl methyl sites for hydroxylation is 1. The van der Waals surface area contributed by atoms with Gasteiger partial charge in [0.2, 0.25) is 17.7 Å². The number of halogens is 3. The van der Waals surface area contributed by atoms with Crippen LogP contribution in [0.25, 0.3) is 0 Å². The number of H-pyrrole nitrogens is 1. The maximum Gasteiger partial charge on any atom is 0.451 e. The summed E-state index contributed by atoms with van der Waals surface area (Å²) in [6.07, 6.45) is -4.65. The Morgan fingerprint density at radius 3 is 2.54 bits per heavy atom. The summed E-state index contributed by atoms with van der Waals surface area (Å²) in [7, 11) is 0. The third-order valence-corrected chi connectivity index (χ3v) is 3.41. The highest BCUT2D eigenvalue weighted by Crippen LogP contribution is 2.26. The van der Waals surface area contributed by atoms with E-state index in [2.05, 4.69) is 34.3 Å². The number of hydrogen-bond donors (Lipinski definition) is 2. The second-order valence-corrected chi connectivity index (χ2v) is 5.96. The maximum atomic E-state index is 12.4. The summed E-state index contributed by atoms with van der Waals surface area (Å²) >= 11 is 0. The summed E-state index contributed by atoms with van der Waals surface area (Å²) in [6, 6.07) is 0. The molecule has 0 bridgehead atoms. The van der Waals surface area contributed by atoms with Crippen molar-refractivity contribution in [1.82, 2.24) is 25.0 Å². The number of rotatable bonds is 5. The molecular weight excluding hydrogens is 325 g/mol. The number of anilines is 1. The Kier molecular flexibility index (Phi) is 4.95. The SMILES string of the molecule is Cc1nn(CC(C)C)c(C)c1CC(=O)Nc1n[nH]c(C(F)(F)F)n1. The molecular formula is C14H19F3N6O. The minimum Gasteiger partial charge on any atom is -0.293 e. The lowest BCUT2D eigenvalue weighted by Crippen LogP contribution is -2.17. The Morgan fingerprint density at radius 1 is 1.33 bits per heavy atom. The van der Waals surface area contributed by atoms with Gasteiger partial charge < -0.3 is 0 Å². The molecule has 132 valence electrons. The van der Waals surface area contributed by atoms with Gasteiger partial charge in [0.1, 0.15) is 0 Å². The summed E-state index contributed by atoms with van der Waals surface area (Å²) in [5.74, 6) is -1.76. The average Bonchev–Trinajstić information content (AvgIpc) is 2.99. The molecule has 2 N–H and O–H groups in total. The van der Waals surface area contributed by atoms with Gasteiger partial charge in [0.05, 0.1) is 12.1 Å². The van der Waals surface area contributed by atoms with Crippen LogP contribution in [0.3, 0.4) is 0 Å². The van der Waals surface area contributed by atoms with Gasteiger partial charge in [-0.1, -0.05) is 13.8 Å². The molecule has 0 saturated carbocycles. The Morgan fingerprint density at radius 2 is 2.00 bits per heavy atom. The van der Waals surface area contributed by atoms with Crippen LogP contribution in [0.1, 0.15) is 36.6 Å². The zero-order chi connectivity index (χ0) is 18.1. The van der Waals surface area contributed by atoms with E-state index in [1.54, 1.807) is 12.0 Å². The standard InChI is InChI=1S/C14H19F3N6O/c1-7(2)6-23-9(4)10(8(3)22-23)5-11(24)18-13-19-12(20-21-13)14(15,16)17/h7H,5-6H2,1-4H3,(H2,18,19,20,21,24). The Hall–Kier alpha value is -2.39. The molecule has 1 amide bonds. The van der Waals surface area contributed by atoms with Gasteiger partial charge in [-0.3, -0.25) is 19.9 Å². The molecule has 0 saturated heterocycles. The Bertz CT molecular complexity index is 731. The molecule has 0 aromatic carbocycles. The fourth-order valence-corrected chi connectivity index (χ4v) is 2.29. The van der Waals surface area contributed by atoms with Gasteiger partial charge >= 0.3 is 6.18 Å². The smallest absolute Gasteiger partial charge is 0.293 e. The number of aromatic amines is 1. The fourth-order valence-electron chi connectivity index (χ4n) is 2.29. The molecule has 0 aliphatic carbocycles. The van der Waals surface area contributed by atoms with Gasteiger partial charge in [-0.25, -0.2) is 0 Å². The number of aromatic nitrogens is 5. The molecule has 2 aromatic rings. The summed E-state index contributed by atoms with van der Waals surface area (Å²) in [6.45, 7) is 8.50. The van der Waals surface area contributed by atoms with E-state index in [9.17, 15) is 18.0 Å². The fraction of sp³-hybridized carbons (Fsp3) is 0.571. The minimum atomic E-state index is -4.64. The number of hydrogen-bond acceptors (Lipinski definition) is 4. The van der Waals surface area contributed by atoms with Gasteiger partial charge in [-0.05, 0) is 19.8 Å². The van der Waals surface area contributed by atoms with E-state index in [-0.39, 0.29) is 6.42 Å². The summed E-state index contributed by atoms with van der Waals surface area (Å²) < 4.78 is 39.2. The van der Waals surface area contributed by atoms with Gasteiger partial charge in [-0.15, -0.1) is 5.10 Å². The van der Waals surface area contributed by atoms with Crippen LogP contribution < -0.4 is 5.32 Å².